The lowest BCUT2D eigenvalue weighted by molar-refractivity contribution is 0.394. The van der Waals surface area contributed by atoms with Gasteiger partial charge in [0, 0.05) is 22.4 Å². The van der Waals surface area contributed by atoms with Gasteiger partial charge in [-0.25, -0.2) is 0 Å². The number of hydrogen-bond acceptors (Lipinski definition) is 6. The van der Waals surface area contributed by atoms with Crippen molar-refractivity contribution >= 4 is 23.4 Å². The lowest BCUT2D eigenvalue weighted by Crippen LogP contribution is -1.88. The summed E-state index contributed by atoms with van der Waals surface area (Å²) < 4.78 is 16.2. The Kier molecular flexibility index (Phi) is 5.27. The number of halogens is 1. The standard InChI is InChI=1S/C17H15ClN2O3S/c1-21-13-7-12(8-14(9-13)22-2)16-19-20-17(23-16)24-10-11-5-3-4-6-15(11)18/h3-9H,10H2,1-2H3. The van der Waals surface area contributed by atoms with Crippen LogP contribution < -0.4 is 9.47 Å². The van der Waals surface area contributed by atoms with Gasteiger partial charge in [0.25, 0.3) is 5.22 Å². The normalized spacial score (nSPS) is 10.6. The highest BCUT2D eigenvalue weighted by Gasteiger charge is 2.12. The van der Waals surface area contributed by atoms with E-state index in [9.17, 15) is 0 Å². The van der Waals surface area contributed by atoms with Gasteiger partial charge in [-0.05, 0) is 23.8 Å². The molecule has 0 amide bonds. The van der Waals surface area contributed by atoms with Gasteiger partial charge in [-0.15, -0.1) is 10.2 Å². The van der Waals surface area contributed by atoms with E-state index in [4.69, 9.17) is 25.5 Å². The van der Waals surface area contributed by atoms with E-state index in [1.165, 1.54) is 11.8 Å². The first-order valence-corrected chi connectivity index (χ1v) is 8.49. The highest BCUT2D eigenvalue weighted by atomic mass is 35.5. The molecule has 7 heteroatoms. The van der Waals surface area contributed by atoms with Crippen LogP contribution in [0.15, 0.2) is 52.1 Å². The molecule has 0 bridgehead atoms. The Hall–Kier alpha value is -2.18. The summed E-state index contributed by atoms with van der Waals surface area (Å²) in [5.41, 5.74) is 1.76. The molecular weight excluding hydrogens is 348 g/mol. The van der Waals surface area contributed by atoms with Gasteiger partial charge in [-0.2, -0.15) is 0 Å². The average molecular weight is 363 g/mol. The second-order valence-corrected chi connectivity index (χ2v) is 6.19. The van der Waals surface area contributed by atoms with Gasteiger partial charge in [-0.1, -0.05) is 41.6 Å². The second kappa shape index (κ2) is 7.59. The third kappa shape index (κ3) is 3.83. The van der Waals surface area contributed by atoms with E-state index in [2.05, 4.69) is 10.2 Å². The fraction of sp³-hybridized carbons (Fsp3) is 0.176. The summed E-state index contributed by atoms with van der Waals surface area (Å²) in [6.07, 6.45) is 0. The van der Waals surface area contributed by atoms with Crippen molar-refractivity contribution < 1.29 is 13.9 Å². The van der Waals surface area contributed by atoms with E-state index in [0.717, 1.165) is 16.1 Å². The van der Waals surface area contributed by atoms with Crippen molar-refractivity contribution in [1.29, 1.82) is 0 Å². The van der Waals surface area contributed by atoms with Crippen LogP contribution in [0.25, 0.3) is 11.5 Å². The van der Waals surface area contributed by atoms with Crippen molar-refractivity contribution in [1.82, 2.24) is 10.2 Å². The molecule has 0 saturated carbocycles. The number of thioether (sulfide) groups is 1. The van der Waals surface area contributed by atoms with E-state index < -0.39 is 0 Å². The predicted molar refractivity (Wildman–Crippen MR) is 93.9 cm³/mol. The predicted octanol–water partition coefficient (Wildman–Crippen LogP) is 4.70. The smallest absolute Gasteiger partial charge is 0.277 e. The summed E-state index contributed by atoms with van der Waals surface area (Å²) in [6, 6.07) is 13.1. The Balaban J connectivity index is 1.77. The molecule has 0 spiro atoms. The lowest BCUT2D eigenvalue weighted by Gasteiger charge is -2.05. The van der Waals surface area contributed by atoms with E-state index in [-0.39, 0.29) is 0 Å². The maximum Gasteiger partial charge on any atom is 0.277 e. The Morgan fingerprint density at radius 3 is 2.42 bits per heavy atom. The van der Waals surface area contributed by atoms with Crippen molar-refractivity contribution in [3.8, 4) is 23.0 Å². The molecule has 24 heavy (non-hydrogen) atoms. The Morgan fingerprint density at radius 1 is 1.04 bits per heavy atom. The first kappa shape index (κ1) is 16.7. The zero-order valence-electron chi connectivity index (χ0n) is 13.2. The fourth-order valence-corrected chi connectivity index (χ4v) is 3.12. The number of aromatic nitrogens is 2. The monoisotopic (exact) mass is 362 g/mol. The SMILES string of the molecule is COc1cc(OC)cc(-c2nnc(SCc3ccccc3Cl)o2)c1. The molecule has 0 radical (unpaired) electrons. The van der Waals surface area contributed by atoms with E-state index in [1.807, 2.05) is 36.4 Å². The van der Waals surface area contributed by atoms with Gasteiger partial charge in [0.05, 0.1) is 14.2 Å². The summed E-state index contributed by atoms with van der Waals surface area (Å²) in [5.74, 6) is 2.39. The largest absolute Gasteiger partial charge is 0.497 e. The number of hydrogen-bond donors (Lipinski definition) is 0. The lowest BCUT2D eigenvalue weighted by atomic mass is 10.2. The van der Waals surface area contributed by atoms with Crippen LogP contribution in [0.4, 0.5) is 0 Å². The molecular formula is C17H15ClN2O3S. The molecule has 5 nitrogen and oxygen atoms in total. The second-order valence-electron chi connectivity index (χ2n) is 4.85. The van der Waals surface area contributed by atoms with E-state index in [1.54, 1.807) is 20.3 Å². The van der Waals surface area contributed by atoms with Gasteiger partial charge in [-0.3, -0.25) is 0 Å². The third-order valence-electron chi connectivity index (χ3n) is 3.31. The third-order valence-corrected chi connectivity index (χ3v) is 4.55. The van der Waals surface area contributed by atoms with Crippen LogP contribution in [-0.2, 0) is 5.75 Å². The van der Waals surface area contributed by atoms with Gasteiger partial charge in [0.15, 0.2) is 0 Å². The molecule has 0 saturated heterocycles. The molecule has 3 aromatic rings. The number of rotatable bonds is 6. The van der Waals surface area contributed by atoms with Gasteiger partial charge >= 0.3 is 0 Å². The van der Waals surface area contributed by atoms with Crippen LogP contribution in [0, 0.1) is 0 Å². The molecule has 3 rings (SSSR count). The molecule has 0 fully saturated rings. The number of methoxy groups -OCH3 is 2. The Morgan fingerprint density at radius 2 is 1.75 bits per heavy atom. The molecule has 124 valence electrons. The van der Waals surface area contributed by atoms with Crippen LogP contribution in [0.5, 0.6) is 11.5 Å². The van der Waals surface area contributed by atoms with Crippen molar-refractivity contribution in [2.24, 2.45) is 0 Å². The fourth-order valence-electron chi connectivity index (χ4n) is 2.07. The van der Waals surface area contributed by atoms with Crippen LogP contribution in [0.3, 0.4) is 0 Å². The minimum Gasteiger partial charge on any atom is -0.497 e. The Labute approximate surface area is 148 Å². The zero-order valence-corrected chi connectivity index (χ0v) is 14.7. The van der Waals surface area contributed by atoms with Crippen LogP contribution in [0.2, 0.25) is 5.02 Å². The first-order chi connectivity index (χ1) is 11.7. The molecule has 0 aliphatic heterocycles. The van der Waals surface area contributed by atoms with Gasteiger partial charge < -0.3 is 13.9 Å². The number of nitrogens with zero attached hydrogens (tertiary/aromatic N) is 2. The molecule has 0 N–H and O–H groups in total. The average Bonchev–Trinajstić information content (AvgIpc) is 3.09. The molecule has 0 aliphatic carbocycles. The van der Waals surface area contributed by atoms with Crippen molar-refractivity contribution in [3.63, 3.8) is 0 Å². The van der Waals surface area contributed by atoms with Crippen LogP contribution in [0.1, 0.15) is 5.56 Å². The maximum atomic E-state index is 6.15. The summed E-state index contributed by atoms with van der Waals surface area (Å²) in [6.45, 7) is 0. The molecule has 0 unspecified atom stereocenters. The van der Waals surface area contributed by atoms with E-state index >= 15 is 0 Å². The van der Waals surface area contributed by atoms with E-state index in [0.29, 0.717) is 28.4 Å². The molecule has 1 aromatic heterocycles. The topological polar surface area (TPSA) is 57.4 Å². The first-order valence-electron chi connectivity index (χ1n) is 7.12. The summed E-state index contributed by atoms with van der Waals surface area (Å²) in [4.78, 5) is 0. The van der Waals surface area contributed by atoms with Crippen molar-refractivity contribution in [2.75, 3.05) is 14.2 Å². The minimum atomic E-state index is 0.411. The minimum absolute atomic E-state index is 0.411. The number of ether oxygens (including phenoxy) is 2. The maximum absolute atomic E-state index is 6.15. The molecule has 2 aromatic carbocycles. The quantitative estimate of drug-likeness (QED) is 0.592. The molecule has 0 atom stereocenters. The summed E-state index contributed by atoms with van der Waals surface area (Å²) >= 11 is 7.59. The molecule has 1 heterocycles. The van der Waals surface area contributed by atoms with Gasteiger partial charge in [0.1, 0.15) is 11.5 Å². The molecule has 0 aliphatic rings. The highest BCUT2D eigenvalue weighted by Crippen LogP contribution is 2.31. The number of benzene rings is 2. The Bertz CT molecular complexity index is 816. The zero-order chi connectivity index (χ0) is 16.9. The summed E-state index contributed by atoms with van der Waals surface area (Å²) in [7, 11) is 3.19. The van der Waals surface area contributed by atoms with Crippen LogP contribution >= 0.6 is 23.4 Å². The van der Waals surface area contributed by atoms with Crippen LogP contribution in [-0.4, -0.2) is 24.4 Å². The van der Waals surface area contributed by atoms with Crippen molar-refractivity contribution in [2.45, 2.75) is 11.0 Å². The highest BCUT2D eigenvalue weighted by molar-refractivity contribution is 7.98. The summed E-state index contributed by atoms with van der Waals surface area (Å²) in [5, 5.41) is 9.36. The van der Waals surface area contributed by atoms with Crippen molar-refractivity contribution in [3.05, 3.63) is 53.1 Å². The van der Waals surface area contributed by atoms with Gasteiger partial charge in [0.2, 0.25) is 5.89 Å².